The third kappa shape index (κ3) is 4.03. The van der Waals surface area contributed by atoms with E-state index in [0.29, 0.717) is 18.4 Å². The summed E-state index contributed by atoms with van der Waals surface area (Å²) in [4.78, 5) is 2.54. The fraction of sp³-hybridized carbons (Fsp3) is 0.647. The van der Waals surface area contributed by atoms with Gasteiger partial charge in [0.1, 0.15) is 5.82 Å². The van der Waals surface area contributed by atoms with Crippen LogP contribution in [0.4, 0.5) is 4.39 Å². The summed E-state index contributed by atoms with van der Waals surface area (Å²) in [5, 5.41) is 0. The second-order valence-electron chi connectivity index (χ2n) is 6.43. The van der Waals surface area contributed by atoms with Crippen LogP contribution in [0.3, 0.4) is 0 Å². The van der Waals surface area contributed by atoms with E-state index in [1.165, 1.54) is 25.5 Å². The Bertz CT molecular complexity index is 411. The zero-order chi connectivity index (χ0) is 14.5. The molecule has 2 nitrogen and oxygen atoms in total. The molecular formula is C17H27FN2. The van der Waals surface area contributed by atoms with E-state index in [1.807, 2.05) is 6.07 Å². The average molecular weight is 278 g/mol. The predicted molar refractivity (Wildman–Crippen MR) is 82.2 cm³/mol. The van der Waals surface area contributed by atoms with E-state index in [9.17, 15) is 4.39 Å². The first-order chi connectivity index (χ1) is 9.60. The Kier molecular flexibility index (Phi) is 5.55. The van der Waals surface area contributed by atoms with Crippen molar-refractivity contribution in [1.82, 2.24) is 4.90 Å². The molecule has 3 heteroatoms. The van der Waals surface area contributed by atoms with Crippen LogP contribution in [0, 0.1) is 17.7 Å². The van der Waals surface area contributed by atoms with Crippen molar-refractivity contribution in [3.63, 3.8) is 0 Å². The van der Waals surface area contributed by atoms with Gasteiger partial charge in [-0.1, -0.05) is 26.0 Å². The van der Waals surface area contributed by atoms with Crippen molar-refractivity contribution in [2.24, 2.45) is 17.6 Å². The van der Waals surface area contributed by atoms with Gasteiger partial charge in [0.05, 0.1) is 0 Å². The molecule has 0 saturated carbocycles. The van der Waals surface area contributed by atoms with Crippen molar-refractivity contribution in [3.8, 4) is 0 Å². The van der Waals surface area contributed by atoms with Crippen LogP contribution >= 0.6 is 0 Å². The number of hydrogen-bond acceptors (Lipinski definition) is 2. The molecule has 0 aromatic heterocycles. The lowest BCUT2D eigenvalue weighted by molar-refractivity contribution is 0.155. The van der Waals surface area contributed by atoms with Crippen LogP contribution in [0.15, 0.2) is 24.3 Å². The second kappa shape index (κ2) is 7.19. The monoisotopic (exact) mass is 278 g/mol. The number of rotatable bonds is 5. The third-order valence-corrected chi connectivity index (χ3v) is 4.36. The molecule has 0 bridgehead atoms. The van der Waals surface area contributed by atoms with Gasteiger partial charge in [0.2, 0.25) is 0 Å². The molecule has 2 N–H and O–H groups in total. The van der Waals surface area contributed by atoms with Gasteiger partial charge in [0.25, 0.3) is 0 Å². The van der Waals surface area contributed by atoms with Gasteiger partial charge in [-0.25, -0.2) is 4.39 Å². The first-order valence-electron chi connectivity index (χ1n) is 7.78. The van der Waals surface area contributed by atoms with E-state index < -0.39 is 0 Å². The molecule has 1 unspecified atom stereocenters. The Morgan fingerprint density at radius 3 is 2.55 bits per heavy atom. The minimum absolute atomic E-state index is 0.154. The zero-order valence-corrected chi connectivity index (χ0v) is 12.7. The highest BCUT2D eigenvalue weighted by atomic mass is 19.1. The van der Waals surface area contributed by atoms with Crippen molar-refractivity contribution in [3.05, 3.63) is 35.6 Å². The van der Waals surface area contributed by atoms with E-state index in [0.717, 1.165) is 24.6 Å². The third-order valence-electron chi connectivity index (χ3n) is 4.36. The summed E-state index contributed by atoms with van der Waals surface area (Å²) < 4.78 is 13.4. The molecular weight excluding hydrogens is 251 g/mol. The Balaban J connectivity index is 1.97. The van der Waals surface area contributed by atoms with Gasteiger partial charge in [0.15, 0.2) is 0 Å². The average Bonchev–Trinajstić information content (AvgIpc) is 2.41. The highest BCUT2D eigenvalue weighted by Gasteiger charge is 2.27. The summed E-state index contributed by atoms with van der Waals surface area (Å²) in [5.41, 5.74) is 7.03. The van der Waals surface area contributed by atoms with Crippen LogP contribution in [0.1, 0.15) is 38.2 Å². The van der Waals surface area contributed by atoms with Crippen LogP contribution in [0.25, 0.3) is 0 Å². The fourth-order valence-electron chi connectivity index (χ4n) is 3.39. The van der Waals surface area contributed by atoms with Gasteiger partial charge in [-0.05, 0) is 67.9 Å². The number of nitrogens with two attached hydrogens (primary N) is 1. The number of hydrogen-bond donors (Lipinski definition) is 1. The molecule has 1 heterocycles. The molecule has 1 atom stereocenters. The molecule has 1 saturated heterocycles. The molecule has 1 fully saturated rings. The highest BCUT2D eigenvalue weighted by molar-refractivity contribution is 5.22. The molecule has 0 aliphatic carbocycles. The van der Waals surface area contributed by atoms with Gasteiger partial charge in [0, 0.05) is 6.54 Å². The largest absolute Gasteiger partial charge is 0.330 e. The van der Waals surface area contributed by atoms with E-state index in [4.69, 9.17) is 5.73 Å². The van der Waals surface area contributed by atoms with Gasteiger partial charge in [-0.3, -0.25) is 0 Å². The molecule has 0 amide bonds. The summed E-state index contributed by atoms with van der Waals surface area (Å²) in [6, 6.07) is 6.96. The molecule has 1 aliphatic rings. The maximum Gasteiger partial charge on any atom is 0.123 e. The quantitative estimate of drug-likeness (QED) is 0.896. The smallest absolute Gasteiger partial charge is 0.123 e. The number of nitrogens with zero attached hydrogens (tertiary/aromatic N) is 1. The Hall–Kier alpha value is -0.930. The molecule has 1 aromatic rings. The van der Waals surface area contributed by atoms with E-state index in [2.05, 4.69) is 18.7 Å². The van der Waals surface area contributed by atoms with Gasteiger partial charge in [-0.2, -0.15) is 0 Å². The van der Waals surface area contributed by atoms with Crippen LogP contribution < -0.4 is 5.73 Å². The molecule has 2 rings (SSSR count). The van der Waals surface area contributed by atoms with E-state index >= 15 is 0 Å². The molecule has 112 valence electrons. The van der Waals surface area contributed by atoms with Gasteiger partial charge in [-0.15, -0.1) is 0 Å². The van der Waals surface area contributed by atoms with Gasteiger partial charge >= 0.3 is 0 Å². The first kappa shape index (κ1) is 15.5. The van der Waals surface area contributed by atoms with Gasteiger partial charge < -0.3 is 10.6 Å². The standard InChI is InChI=1S/C17H27FN2/c1-13(2)12-20-8-6-14(7-9-20)17(11-19)15-4-3-5-16(18)10-15/h3-5,10,13-14,17H,6-9,11-12,19H2,1-2H3. The van der Waals surface area contributed by atoms with Crippen LogP contribution in [-0.4, -0.2) is 31.1 Å². The van der Waals surface area contributed by atoms with Crippen molar-refractivity contribution in [1.29, 1.82) is 0 Å². The Labute approximate surface area is 122 Å². The topological polar surface area (TPSA) is 29.3 Å². The summed E-state index contributed by atoms with van der Waals surface area (Å²) in [6.07, 6.45) is 2.34. The Morgan fingerprint density at radius 2 is 2.00 bits per heavy atom. The van der Waals surface area contributed by atoms with Crippen molar-refractivity contribution >= 4 is 0 Å². The number of piperidine rings is 1. The molecule has 1 aliphatic heterocycles. The van der Waals surface area contributed by atoms with E-state index in [1.54, 1.807) is 12.1 Å². The molecule has 20 heavy (non-hydrogen) atoms. The lowest BCUT2D eigenvalue weighted by Crippen LogP contribution is -2.38. The van der Waals surface area contributed by atoms with Crippen LogP contribution in [0.2, 0.25) is 0 Å². The second-order valence-corrected chi connectivity index (χ2v) is 6.43. The van der Waals surface area contributed by atoms with Crippen LogP contribution in [-0.2, 0) is 0 Å². The number of benzene rings is 1. The summed E-state index contributed by atoms with van der Waals surface area (Å²) in [7, 11) is 0. The first-order valence-corrected chi connectivity index (χ1v) is 7.78. The predicted octanol–water partition coefficient (Wildman–Crippen LogP) is 3.24. The normalized spacial score (nSPS) is 19.4. The highest BCUT2D eigenvalue weighted by Crippen LogP contribution is 2.32. The van der Waals surface area contributed by atoms with Crippen molar-refractivity contribution in [2.45, 2.75) is 32.6 Å². The van der Waals surface area contributed by atoms with E-state index in [-0.39, 0.29) is 5.82 Å². The maximum absolute atomic E-state index is 13.4. The fourth-order valence-corrected chi connectivity index (χ4v) is 3.39. The summed E-state index contributed by atoms with van der Waals surface area (Å²) >= 11 is 0. The number of likely N-dealkylation sites (tertiary alicyclic amines) is 1. The lowest BCUT2D eigenvalue weighted by Gasteiger charge is -2.36. The molecule has 1 aromatic carbocycles. The summed E-state index contributed by atoms with van der Waals surface area (Å²) in [6.45, 7) is 8.62. The summed E-state index contributed by atoms with van der Waals surface area (Å²) in [5.74, 6) is 1.45. The SMILES string of the molecule is CC(C)CN1CCC(C(CN)c2cccc(F)c2)CC1. The molecule has 0 radical (unpaired) electrons. The maximum atomic E-state index is 13.4. The Morgan fingerprint density at radius 1 is 1.30 bits per heavy atom. The zero-order valence-electron chi connectivity index (χ0n) is 12.7. The minimum Gasteiger partial charge on any atom is -0.330 e. The van der Waals surface area contributed by atoms with Crippen molar-refractivity contribution < 1.29 is 4.39 Å². The van der Waals surface area contributed by atoms with Crippen molar-refractivity contribution in [2.75, 3.05) is 26.2 Å². The number of halogens is 1. The molecule has 0 spiro atoms. The van der Waals surface area contributed by atoms with Crippen LogP contribution in [0.5, 0.6) is 0 Å². The lowest BCUT2D eigenvalue weighted by atomic mass is 9.80. The minimum atomic E-state index is -0.154.